The Kier molecular flexibility index (Phi) is 8.62. The Labute approximate surface area is 217 Å². The molecule has 1 atom stereocenters. The number of ether oxygens (including phenoxy) is 1. The predicted molar refractivity (Wildman–Crippen MR) is 147 cm³/mol. The number of thiophene rings is 1. The van der Waals surface area contributed by atoms with E-state index in [9.17, 15) is 9.90 Å². The van der Waals surface area contributed by atoms with E-state index in [-0.39, 0.29) is 0 Å². The van der Waals surface area contributed by atoms with Crippen molar-refractivity contribution in [2.45, 2.75) is 52.9 Å². The van der Waals surface area contributed by atoms with Gasteiger partial charge in [0.1, 0.15) is 18.4 Å². The van der Waals surface area contributed by atoms with Gasteiger partial charge in [0.05, 0.1) is 17.1 Å². The fourth-order valence-electron chi connectivity index (χ4n) is 4.52. The maximum Gasteiger partial charge on any atom is 0.320 e. The third-order valence-corrected chi connectivity index (χ3v) is 7.45. The van der Waals surface area contributed by atoms with Gasteiger partial charge in [0, 0.05) is 23.7 Å². The third kappa shape index (κ3) is 6.45. The first-order chi connectivity index (χ1) is 17.4. The number of aromatic nitrogens is 1. The summed E-state index contributed by atoms with van der Waals surface area (Å²) in [5.74, 6) is 0.0303. The van der Waals surface area contributed by atoms with Gasteiger partial charge in [0.15, 0.2) is 0 Å². The van der Waals surface area contributed by atoms with Gasteiger partial charge in [-0.3, -0.25) is 9.69 Å². The Balaban J connectivity index is 1.38. The van der Waals surface area contributed by atoms with E-state index in [0.29, 0.717) is 26.1 Å². The molecule has 0 amide bonds. The van der Waals surface area contributed by atoms with Crippen molar-refractivity contribution in [2.75, 3.05) is 6.61 Å². The number of hydrogen-bond donors (Lipinski definition) is 1. The molecular formula is C30H34N2O3S. The molecule has 6 heteroatoms. The van der Waals surface area contributed by atoms with Crippen molar-refractivity contribution in [1.29, 1.82) is 0 Å². The first kappa shape index (κ1) is 25.7. The third-order valence-electron chi connectivity index (χ3n) is 6.43. The van der Waals surface area contributed by atoms with Crippen LogP contribution in [0.15, 0.2) is 78.9 Å². The van der Waals surface area contributed by atoms with E-state index in [1.807, 2.05) is 77.8 Å². The van der Waals surface area contributed by atoms with E-state index in [1.54, 1.807) is 0 Å². The van der Waals surface area contributed by atoms with Crippen LogP contribution in [0.25, 0.3) is 10.6 Å². The van der Waals surface area contributed by atoms with Crippen LogP contribution in [-0.2, 0) is 24.4 Å². The second-order valence-electron chi connectivity index (χ2n) is 9.07. The lowest BCUT2D eigenvalue weighted by Crippen LogP contribution is -2.39. The van der Waals surface area contributed by atoms with E-state index in [0.717, 1.165) is 23.4 Å². The smallest absolute Gasteiger partial charge is 0.320 e. The van der Waals surface area contributed by atoms with Crippen molar-refractivity contribution in [1.82, 2.24) is 9.47 Å². The van der Waals surface area contributed by atoms with Gasteiger partial charge in [-0.15, -0.1) is 11.3 Å². The molecule has 2 aromatic carbocycles. The lowest BCUT2D eigenvalue weighted by atomic mass is 10.1. The normalized spacial score (nSPS) is 12.1. The van der Waals surface area contributed by atoms with Gasteiger partial charge in [0.2, 0.25) is 0 Å². The highest BCUT2D eigenvalue weighted by Gasteiger charge is 2.24. The number of carboxylic acids is 1. The first-order valence-corrected chi connectivity index (χ1v) is 13.2. The van der Waals surface area contributed by atoms with E-state index >= 15 is 0 Å². The van der Waals surface area contributed by atoms with Crippen molar-refractivity contribution in [2.24, 2.45) is 0 Å². The molecule has 4 rings (SSSR count). The molecule has 0 aliphatic heterocycles. The highest BCUT2D eigenvalue weighted by Crippen LogP contribution is 2.29. The monoisotopic (exact) mass is 502 g/mol. The van der Waals surface area contributed by atoms with E-state index in [1.165, 1.54) is 21.1 Å². The molecule has 0 aliphatic rings. The summed E-state index contributed by atoms with van der Waals surface area (Å²) >= 11 is 1.81. The zero-order valence-corrected chi connectivity index (χ0v) is 22.0. The van der Waals surface area contributed by atoms with Gasteiger partial charge in [-0.1, -0.05) is 49.4 Å². The molecule has 0 spiro atoms. The van der Waals surface area contributed by atoms with Crippen LogP contribution in [0.5, 0.6) is 5.75 Å². The first-order valence-electron chi connectivity index (χ1n) is 12.4. The number of hydrogen-bond acceptors (Lipinski definition) is 4. The molecule has 2 heterocycles. The minimum absolute atomic E-state index is 0.535. The molecule has 4 aromatic rings. The minimum atomic E-state index is -0.786. The molecule has 1 N–H and O–H groups in total. The Hall–Kier alpha value is -3.35. The van der Waals surface area contributed by atoms with Crippen molar-refractivity contribution in [3.8, 4) is 16.3 Å². The summed E-state index contributed by atoms with van der Waals surface area (Å²) in [5, 5.41) is 9.77. The van der Waals surface area contributed by atoms with E-state index in [4.69, 9.17) is 4.74 Å². The van der Waals surface area contributed by atoms with Crippen molar-refractivity contribution >= 4 is 17.3 Å². The number of carboxylic acid groups (broad SMARTS) is 1. The summed E-state index contributed by atoms with van der Waals surface area (Å²) in [6.07, 6.45) is 0.551. The van der Waals surface area contributed by atoms with Crippen molar-refractivity contribution in [3.05, 3.63) is 101 Å². The standard InChI is InChI=1S/C30H34N2O3S/c1-4-27(30(33)34)31(20-24-8-6-5-7-9-24)21-25-12-14-26(15-13-25)35-19-18-32-22(2)10-16-28(32)29-17-11-23(3)36-29/h5-17,27H,4,18-21H2,1-3H3,(H,33,34). The number of aryl methyl sites for hydroxylation is 2. The molecule has 5 nitrogen and oxygen atoms in total. The zero-order valence-electron chi connectivity index (χ0n) is 21.2. The highest BCUT2D eigenvalue weighted by atomic mass is 32.1. The van der Waals surface area contributed by atoms with Gasteiger partial charge < -0.3 is 14.4 Å². The average molecular weight is 503 g/mol. The number of carbonyl (C=O) groups is 1. The molecule has 0 saturated heterocycles. The molecule has 36 heavy (non-hydrogen) atoms. The van der Waals surface area contributed by atoms with Gasteiger partial charge in [0.25, 0.3) is 0 Å². The Morgan fingerprint density at radius 1 is 0.944 bits per heavy atom. The predicted octanol–water partition coefficient (Wildman–Crippen LogP) is 6.78. The Morgan fingerprint density at radius 3 is 2.25 bits per heavy atom. The molecular weight excluding hydrogens is 468 g/mol. The van der Waals surface area contributed by atoms with Crippen LogP contribution >= 0.6 is 11.3 Å². The fraction of sp³-hybridized carbons (Fsp3) is 0.300. The lowest BCUT2D eigenvalue weighted by molar-refractivity contribution is -0.144. The molecule has 0 saturated carbocycles. The SMILES string of the molecule is CCC(C(=O)O)N(Cc1ccccc1)Cc1ccc(OCCn2c(C)ccc2-c2ccc(C)s2)cc1. The van der Waals surface area contributed by atoms with Crippen LogP contribution in [0.2, 0.25) is 0 Å². The molecule has 0 radical (unpaired) electrons. The zero-order chi connectivity index (χ0) is 25.5. The Morgan fingerprint density at radius 2 is 1.64 bits per heavy atom. The summed E-state index contributed by atoms with van der Waals surface area (Å²) in [4.78, 5) is 16.5. The largest absolute Gasteiger partial charge is 0.492 e. The summed E-state index contributed by atoms with van der Waals surface area (Å²) in [7, 11) is 0. The lowest BCUT2D eigenvalue weighted by Gasteiger charge is -2.28. The van der Waals surface area contributed by atoms with E-state index in [2.05, 4.69) is 42.7 Å². The second-order valence-corrected chi connectivity index (χ2v) is 10.4. The van der Waals surface area contributed by atoms with Gasteiger partial charge in [-0.25, -0.2) is 0 Å². The quantitative estimate of drug-likeness (QED) is 0.232. The number of nitrogens with zero attached hydrogens (tertiary/aromatic N) is 2. The van der Waals surface area contributed by atoms with Gasteiger partial charge in [-0.05, 0) is 67.8 Å². The fourth-order valence-corrected chi connectivity index (χ4v) is 5.42. The maximum atomic E-state index is 11.9. The number of rotatable bonds is 12. The highest BCUT2D eigenvalue weighted by molar-refractivity contribution is 7.15. The molecule has 1 unspecified atom stereocenters. The summed E-state index contributed by atoms with van der Waals surface area (Å²) in [5.41, 5.74) is 4.62. The van der Waals surface area contributed by atoms with Crippen LogP contribution in [0.3, 0.4) is 0 Å². The summed E-state index contributed by atoms with van der Waals surface area (Å²) in [6.45, 7) is 8.67. The summed E-state index contributed by atoms with van der Waals surface area (Å²) in [6, 6.07) is 26.2. The van der Waals surface area contributed by atoms with Crippen LogP contribution in [0.1, 0.15) is 35.0 Å². The van der Waals surface area contributed by atoms with E-state index < -0.39 is 12.0 Å². The Bertz CT molecular complexity index is 1260. The van der Waals surface area contributed by atoms with Crippen LogP contribution < -0.4 is 4.74 Å². The van der Waals surface area contributed by atoms with Crippen molar-refractivity contribution in [3.63, 3.8) is 0 Å². The minimum Gasteiger partial charge on any atom is -0.492 e. The second kappa shape index (κ2) is 12.1. The average Bonchev–Trinajstić information content (AvgIpc) is 3.46. The number of benzene rings is 2. The van der Waals surface area contributed by atoms with Gasteiger partial charge in [-0.2, -0.15) is 0 Å². The van der Waals surface area contributed by atoms with Crippen molar-refractivity contribution < 1.29 is 14.6 Å². The molecule has 0 aliphatic carbocycles. The topological polar surface area (TPSA) is 54.7 Å². The molecule has 0 bridgehead atoms. The summed E-state index contributed by atoms with van der Waals surface area (Å²) < 4.78 is 8.37. The molecule has 2 aromatic heterocycles. The number of aliphatic carboxylic acids is 1. The van der Waals surface area contributed by atoms with Gasteiger partial charge >= 0.3 is 5.97 Å². The van der Waals surface area contributed by atoms with Crippen LogP contribution in [-0.4, -0.2) is 33.2 Å². The van der Waals surface area contributed by atoms with Crippen LogP contribution in [0.4, 0.5) is 0 Å². The molecule has 188 valence electrons. The van der Waals surface area contributed by atoms with Crippen LogP contribution in [0, 0.1) is 13.8 Å². The molecule has 0 fully saturated rings. The maximum absolute atomic E-state index is 11.9.